The van der Waals surface area contributed by atoms with E-state index in [2.05, 4.69) is 0 Å². The van der Waals surface area contributed by atoms with E-state index in [0.29, 0.717) is 30.9 Å². The summed E-state index contributed by atoms with van der Waals surface area (Å²) in [7, 11) is 0. The van der Waals surface area contributed by atoms with Gasteiger partial charge in [-0.05, 0) is 32.6 Å². The second-order valence-corrected chi connectivity index (χ2v) is 5.24. The Labute approximate surface area is 115 Å². The Morgan fingerprint density at radius 2 is 2.22 bits per heavy atom. The van der Waals surface area contributed by atoms with Crippen LogP contribution in [0.2, 0.25) is 0 Å². The van der Waals surface area contributed by atoms with E-state index >= 15 is 0 Å². The van der Waals surface area contributed by atoms with Gasteiger partial charge in [-0.3, -0.25) is 4.79 Å². The first-order valence-corrected chi connectivity index (χ1v) is 7.22. The molecule has 0 aromatic heterocycles. The van der Waals surface area contributed by atoms with Crippen molar-refractivity contribution in [2.45, 2.75) is 51.6 Å². The SMILES string of the molecule is CCN(CCC(N)=S)C(=O)CCC1CCCCO1. The average Bonchev–Trinajstić information content (AvgIpc) is 2.38. The lowest BCUT2D eigenvalue weighted by Crippen LogP contribution is -2.34. The van der Waals surface area contributed by atoms with E-state index in [1.807, 2.05) is 11.8 Å². The van der Waals surface area contributed by atoms with Gasteiger partial charge in [0.15, 0.2) is 0 Å². The van der Waals surface area contributed by atoms with E-state index in [0.717, 1.165) is 25.9 Å². The molecule has 1 fully saturated rings. The second-order valence-electron chi connectivity index (χ2n) is 4.72. The fraction of sp³-hybridized carbons (Fsp3) is 0.846. The lowest BCUT2D eigenvalue weighted by atomic mass is 10.0. The van der Waals surface area contributed by atoms with Crippen molar-refractivity contribution in [3.8, 4) is 0 Å². The molecule has 0 radical (unpaired) electrons. The van der Waals surface area contributed by atoms with E-state index in [1.165, 1.54) is 6.42 Å². The van der Waals surface area contributed by atoms with Crippen molar-refractivity contribution in [1.29, 1.82) is 0 Å². The Morgan fingerprint density at radius 1 is 1.44 bits per heavy atom. The topological polar surface area (TPSA) is 55.6 Å². The molecular formula is C13H24N2O2S. The average molecular weight is 272 g/mol. The van der Waals surface area contributed by atoms with Gasteiger partial charge in [-0.15, -0.1) is 0 Å². The molecule has 1 aliphatic heterocycles. The van der Waals surface area contributed by atoms with Crippen LogP contribution >= 0.6 is 12.2 Å². The molecular weight excluding hydrogens is 248 g/mol. The molecule has 1 aliphatic rings. The van der Waals surface area contributed by atoms with Gasteiger partial charge in [0.05, 0.1) is 11.1 Å². The zero-order valence-corrected chi connectivity index (χ0v) is 12.0. The van der Waals surface area contributed by atoms with Crippen LogP contribution in [0.1, 0.15) is 45.4 Å². The summed E-state index contributed by atoms with van der Waals surface area (Å²) in [4.78, 5) is 14.3. The normalized spacial score (nSPS) is 19.5. The quantitative estimate of drug-likeness (QED) is 0.719. The third-order valence-corrected chi connectivity index (χ3v) is 3.52. The van der Waals surface area contributed by atoms with Crippen LogP contribution in [0.3, 0.4) is 0 Å². The molecule has 0 aliphatic carbocycles. The minimum absolute atomic E-state index is 0.183. The molecule has 2 N–H and O–H groups in total. The van der Waals surface area contributed by atoms with Gasteiger partial charge in [0, 0.05) is 32.5 Å². The highest BCUT2D eigenvalue weighted by Gasteiger charge is 2.17. The molecule has 1 atom stereocenters. The highest BCUT2D eigenvalue weighted by atomic mass is 32.1. The number of carbonyl (C=O) groups is 1. The monoisotopic (exact) mass is 272 g/mol. The summed E-state index contributed by atoms with van der Waals surface area (Å²) in [6.07, 6.45) is 5.74. The Hall–Kier alpha value is -0.680. The minimum atomic E-state index is 0.183. The van der Waals surface area contributed by atoms with Crippen LogP contribution in [0.5, 0.6) is 0 Å². The van der Waals surface area contributed by atoms with Crippen molar-refractivity contribution < 1.29 is 9.53 Å². The molecule has 104 valence electrons. The molecule has 18 heavy (non-hydrogen) atoms. The van der Waals surface area contributed by atoms with Crippen molar-refractivity contribution in [3.05, 3.63) is 0 Å². The first-order chi connectivity index (χ1) is 8.63. The molecule has 0 aromatic rings. The molecule has 0 bridgehead atoms. The molecule has 0 spiro atoms. The van der Waals surface area contributed by atoms with E-state index < -0.39 is 0 Å². The first-order valence-electron chi connectivity index (χ1n) is 6.81. The minimum Gasteiger partial charge on any atom is -0.393 e. The molecule has 1 heterocycles. The summed E-state index contributed by atoms with van der Waals surface area (Å²) in [5.41, 5.74) is 5.46. The first kappa shape index (κ1) is 15.4. The van der Waals surface area contributed by atoms with Gasteiger partial charge in [-0.25, -0.2) is 0 Å². The molecule has 4 nitrogen and oxygen atoms in total. The van der Waals surface area contributed by atoms with Crippen LogP contribution in [0.25, 0.3) is 0 Å². The van der Waals surface area contributed by atoms with E-state index in [1.54, 1.807) is 0 Å². The largest absolute Gasteiger partial charge is 0.393 e. The van der Waals surface area contributed by atoms with Crippen molar-refractivity contribution in [1.82, 2.24) is 4.90 Å². The molecule has 0 saturated carbocycles. The van der Waals surface area contributed by atoms with E-state index in [-0.39, 0.29) is 12.0 Å². The number of amides is 1. The third kappa shape index (κ3) is 5.78. The molecule has 1 amide bonds. The van der Waals surface area contributed by atoms with Gasteiger partial charge in [-0.1, -0.05) is 12.2 Å². The van der Waals surface area contributed by atoms with Crippen molar-refractivity contribution in [2.75, 3.05) is 19.7 Å². The predicted molar refractivity (Wildman–Crippen MR) is 76.5 cm³/mol. The van der Waals surface area contributed by atoms with Crippen LogP contribution in [-0.4, -0.2) is 41.6 Å². The maximum Gasteiger partial charge on any atom is 0.222 e. The Kier molecular flexibility index (Phi) is 7.20. The summed E-state index contributed by atoms with van der Waals surface area (Å²) in [6.45, 7) is 4.18. The lowest BCUT2D eigenvalue weighted by Gasteiger charge is -2.24. The standard InChI is InChI=1S/C13H24N2O2S/c1-2-15(9-8-12(14)18)13(16)7-6-11-5-3-4-10-17-11/h11H,2-10H2,1H3,(H2,14,18). The number of carbonyl (C=O) groups excluding carboxylic acids is 1. The molecule has 1 unspecified atom stereocenters. The summed E-state index contributed by atoms with van der Waals surface area (Å²) >= 11 is 4.84. The fourth-order valence-electron chi connectivity index (χ4n) is 2.18. The summed E-state index contributed by atoms with van der Waals surface area (Å²) in [6, 6.07) is 0. The number of nitrogens with two attached hydrogens (primary N) is 1. The summed E-state index contributed by atoms with van der Waals surface area (Å²) < 4.78 is 5.63. The number of hydrogen-bond donors (Lipinski definition) is 1. The maximum absolute atomic E-state index is 12.0. The van der Waals surface area contributed by atoms with Crippen LogP contribution in [-0.2, 0) is 9.53 Å². The van der Waals surface area contributed by atoms with Crippen molar-refractivity contribution >= 4 is 23.1 Å². The van der Waals surface area contributed by atoms with Gasteiger partial charge in [-0.2, -0.15) is 0 Å². The molecule has 1 rings (SSSR count). The Bertz CT molecular complexity index is 278. The molecule has 1 saturated heterocycles. The zero-order chi connectivity index (χ0) is 13.4. The van der Waals surface area contributed by atoms with Gasteiger partial charge in [0.1, 0.15) is 0 Å². The molecule has 0 aromatic carbocycles. The van der Waals surface area contributed by atoms with Gasteiger partial charge < -0.3 is 15.4 Å². The summed E-state index contributed by atoms with van der Waals surface area (Å²) in [5, 5.41) is 0. The highest BCUT2D eigenvalue weighted by molar-refractivity contribution is 7.80. The van der Waals surface area contributed by atoms with Crippen LogP contribution in [0.4, 0.5) is 0 Å². The maximum atomic E-state index is 12.0. The predicted octanol–water partition coefficient (Wildman–Crippen LogP) is 1.86. The Balaban J connectivity index is 2.25. The van der Waals surface area contributed by atoms with Crippen molar-refractivity contribution in [3.63, 3.8) is 0 Å². The molecule has 5 heteroatoms. The zero-order valence-electron chi connectivity index (χ0n) is 11.2. The van der Waals surface area contributed by atoms with Gasteiger partial charge >= 0.3 is 0 Å². The van der Waals surface area contributed by atoms with E-state index in [4.69, 9.17) is 22.7 Å². The lowest BCUT2D eigenvalue weighted by molar-refractivity contribution is -0.132. The van der Waals surface area contributed by atoms with Crippen molar-refractivity contribution in [2.24, 2.45) is 5.73 Å². The van der Waals surface area contributed by atoms with Gasteiger partial charge in [0.2, 0.25) is 5.91 Å². The number of nitrogens with zero attached hydrogens (tertiary/aromatic N) is 1. The fourth-order valence-corrected chi connectivity index (χ4v) is 2.27. The van der Waals surface area contributed by atoms with E-state index in [9.17, 15) is 4.79 Å². The van der Waals surface area contributed by atoms with Crippen LogP contribution < -0.4 is 5.73 Å². The second kappa shape index (κ2) is 8.43. The van der Waals surface area contributed by atoms with Crippen LogP contribution in [0, 0.1) is 0 Å². The number of rotatable bonds is 7. The number of thiocarbonyl (C=S) groups is 1. The smallest absolute Gasteiger partial charge is 0.222 e. The van der Waals surface area contributed by atoms with Gasteiger partial charge in [0.25, 0.3) is 0 Å². The Morgan fingerprint density at radius 3 is 2.78 bits per heavy atom. The number of hydrogen-bond acceptors (Lipinski definition) is 3. The summed E-state index contributed by atoms with van der Waals surface area (Å²) in [5.74, 6) is 0.183. The number of ether oxygens (including phenoxy) is 1. The highest BCUT2D eigenvalue weighted by Crippen LogP contribution is 2.17. The van der Waals surface area contributed by atoms with Crippen LogP contribution in [0.15, 0.2) is 0 Å². The third-order valence-electron chi connectivity index (χ3n) is 3.32.